The summed E-state index contributed by atoms with van der Waals surface area (Å²) in [5.74, 6) is -1.90. The summed E-state index contributed by atoms with van der Waals surface area (Å²) in [5, 5.41) is 12.7. The quantitative estimate of drug-likeness (QED) is 0.446. The summed E-state index contributed by atoms with van der Waals surface area (Å²) < 4.78 is 42.4. The molecule has 2 aromatic heterocycles. The van der Waals surface area contributed by atoms with Gasteiger partial charge in [-0.2, -0.15) is 10.2 Å². The first-order valence-corrected chi connectivity index (χ1v) is 10.9. The van der Waals surface area contributed by atoms with Crippen LogP contribution in [0.4, 0.5) is 14.5 Å². The number of ether oxygens (including phenoxy) is 2. The summed E-state index contributed by atoms with van der Waals surface area (Å²) >= 11 is 0. The highest BCUT2D eigenvalue weighted by atomic mass is 19.1. The number of nitrogens with one attached hydrogen (secondary N) is 1. The van der Waals surface area contributed by atoms with Gasteiger partial charge in [0.15, 0.2) is 23.1 Å². The molecule has 0 amide bonds. The third kappa shape index (κ3) is 3.57. The van der Waals surface area contributed by atoms with Crippen molar-refractivity contribution in [1.82, 2.24) is 20.0 Å². The lowest BCUT2D eigenvalue weighted by molar-refractivity contribution is 0.349. The van der Waals surface area contributed by atoms with Crippen molar-refractivity contribution in [2.24, 2.45) is 7.05 Å². The Labute approximate surface area is 195 Å². The molecule has 34 heavy (non-hydrogen) atoms. The predicted molar refractivity (Wildman–Crippen MR) is 126 cm³/mol. The summed E-state index contributed by atoms with van der Waals surface area (Å²) in [6.45, 7) is 2.35. The number of halogens is 2. The van der Waals surface area contributed by atoms with E-state index in [1.165, 1.54) is 20.3 Å². The maximum atomic E-state index is 15.2. The van der Waals surface area contributed by atoms with E-state index in [4.69, 9.17) is 9.47 Å². The number of benzene rings is 2. The van der Waals surface area contributed by atoms with Gasteiger partial charge in [0.1, 0.15) is 0 Å². The molecule has 1 unspecified atom stereocenters. The van der Waals surface area contributed by atoms with Crippen molar-refractivity contribution in [2.45, 2.75) is 19.3 Å². The van der Waals surface area contributed by atoms with E-state index in [-0.39, 0.29) is 17.1 Å². The molecule has 1 N–H and O–H groups in total. The highest BCUT2D eigenvalue weighted by Gasteiger charge is 2.29. The minimum Gasteiger partial charge on any atom is -0.494 e. The number of H-pyrrole nitrogens is 1. The van der Waals surface area contributed by atoms with Gasteiger partial charge in [-0.15, -0.1) is 0 Å². The maximum absolute atomic E-state index is 15.2. The second-order valence-electron chi connectivity index (χ2n) is 8.42. The second-order valence-corrected chi connectivity index (χ2v) is 8.42. The van der Waals surface area contributed by atoms with Crippen LogP contribution in [-0.4, -0.2) is 40.7 Å². The first-order chi connectivity index (χ1) is 16.4. The molecule has 0 spiro atoms. The second kappa shape index (κ2) is 8.48. The van der Waals surface area contributed by atoms with Gasteiger partial charge in [0.2, 0.25) is 0 Å². The molecule has 1 aliphatic heterocycles. The molecule has 3 heterocycles. The van der Waals surface area contributed by atoms with Crippen molar-refractivity contribution < 1.29 is 18.3 Å². The third-order valence-electron chi connectivity index (χ3n) is 6.31. The van der Waals surface area contributed by atoms with E-state index in [1.54, 1.807) is 10.9 Å². The van der Waals surface area contributed by atoms with E-state index < -0.39 is 17.6 Å². The van der Waals surface area contributed by atoms with Gasteiger partial charge in [-0.25, -0.2) is 8.78 Å². The van der Waals surface area contributed by atoms with Gasteiger partial charge in [0.25, 0.3) is 0 Å². The van der Waals surface area contributed by atoms with Crippen LogP contribution in [0.3, 0.4) is 0 Å². The van der Waals surface area contributed by atoms with E-state index in [0.717, 1.165) is 33.4 Å². The number of aromatic amines is 1. The third-order valence-corrected chi connectivity index (χ3v) is 6.31. The summed E-state index contributed by atoms with van der Waals surface area (Å²) in [5.41, 5.74) is 4.63. The summed E-state index contributed by atoms with van der Waals surface area (Å²) in [6, 6.07) is 5.30. The molecule has 0 radical (unpaired) electrons. The van der Waals surface area contributed by atoms with E-state index in [1.807, 2.05) is 43.4 Å². The Hall–Kier alpha value is -3.88. The van der Waals surface area contributed by atoms with E-state index in [0.29, 0.717) is 13.0 Å². The van der Waals surface area contributed by atoms with Crippen LogP contribution in [-0.2, 0) is 7.05 Å². The van der Waals surface area contributed by atoms with Gasteiger partial charge in [-0.1, -0.05) is 6.08 Å². The molecular formula is C25H25F2N5O2. The number of allylic oxidation sites excluding steroid dienone is 1. The lowest BCUT2D eigenvalue weighted by Crippen LogP contribution is -2.27. The Morgan fingerprint density at radius 1 is 1.06 bits per heavy atom. The van der Waals surface area contributed by atoms with Crippen molar-refractivity contribution in [2.75, 3.05) is 25.7 Å². The zero-order valence-electron chi connectivity index (χ0n) is 19.4. The Balaban J connectivity index is 1.57. The minimum absolute atomic E-state index is 0.0294. The molecule has 1 aliphatic rings. The SMILES string of the molecule is COc1cc(OC)c(F)c(C2CC=CN(c3cc(-c4cn(C)nc4C)c4[nH]ncc4c3)C2)c1F. The molecule has 1 atom stereocenters. The molecule has 176 valence electrons. The number of fused-ring (bicyclic) bond motifs is 1. The number of hydrogen-bond acceptors (Lipinski definition) is 5. The fraction of sp³-hybridized carbons (Fsp3) is 0.280. The zero-order chi connectivity index (χ0) is 24.0. The number of methoxy groups -OCH3 is 2. The van der Waals surface area contributed by atoms with Crippen LogP contribution < -0.4 is 14.4 Å². The Kier molecular flexibility index (Phi) is 5.47. The van der Waals surface area contributed by atoms with Crippen molar-refractivity contribution >= 4 is 16.6 Å². The largest absolute Gasteiger partial charge is 0.494 e. The van der Waals surface area contributed by atoms with Crippen LogP contribution >= 0.6 is 0 Å². The fourth-order valence-corrected chi connectivity index (χ4v) is 4.67. The molecule has 9 heteroatoms. The van der Waals surface area contributed by atoms with Gasteiger partial charge in [0.05, 0.1) is 31.6 Å². The first-order valence-electron chi connectivity index (χ1n) is 10.9. The van der Waals surface area contributed by atoms with Crippen LogP contribution in [0.1, 0.15) is 23.6 Å². The van der Waals surface area contributed by atoms with Gasteiger partial charge in [-0.3, -0.25) is 9.78 Å². The van der Waals surface area contributed by atoms with Crippen LogP contribution in [0.25, 0.3) is 22.0 Å². The minimum atomic E-state index is -0.696. The van der Waals surface area contributed by atoms with Crippen molar-refractivity contribution in [3.8, 4) is 22.6 Å². The highest BCUT2D eigenvalue weighted by molar-refractivity contribution is 5.97. The Morgan fingerprint density at radius 2 is 1.79 bits per heavy atom. The maximum Gasteiger partial charge on any atom is 0.171 e. The number of nitrogens with zero attached hydrogens (tertiary/aromatic N) is 4. The molecule has 0 saturated heterocycles. The van der Waals surface area contributed by atoms with E-state index >= 15 is 8.78 Å². The zero-order valence-corrected chi connectivity index (χ0v) is 19.4. The highest BCUT2D eigenvalue weighted by Crippen LogP contribution is 2.40. The molecule has 0 aliphatic carbocycles. The van der Waals surface area contributed by atoms with Gasteiger partial charge < -0.3 is 14.4 Å². The van der Waals surface area contributed by atoms with Crippen LogP contribution in [0, 0.1) is 18.6 Å². The molecule has 0 fully saturated rings. The number of aryl methyl sites for hydroxylation is 2. The lowest BCUT2D eigenvalue weighted by Gasteiger charge is -2.31. The number of rotatable bonds is 5. The van der Waals surface area contributed by atoms with Crippen molar-refractivity contribution in [1.29, 1.82) is 0 Å². The van der Waals surface area contributed by atoms with E-state index in [2.05, 4.69) is 21.4 Å². The standard InChI is InChI=1S/C25H25F2N5O2/c1-14-19(13-31(2)30-14)18-9-17(8-16-11-28-29-25(16)18)32-7-5-6-15(12-32)22-23(26)20(33-3)10-21(34-4)24(22)27/h5,7-11,13,15H,6,12H2,1-4H3,(H,28,29). The first kappa shape index (κ1) is 21.9. The molecule has 0 saturated carbocycles. The summed E-state index contributed by atoms with van der Waals surface area (Å²) in [4.78, 5) is 2.00. The summed E-state index contributed by atoms with van der Waals surface area (Å²) in [6.07, 6.45) is 8.10. The van der Waals surface area contributed by atoms with Gasteiger partial charge in [0, 0.05) is 65.7 Å². The lowest BCUT2D eigenvalue weighted by atomic mass is 9.91. The van der Waals surface area contributed by atoms with Gasteiger partial charge >= 0.3 is 0 Å². The Bertz CT molecular complexity index is 1380. The number of aromatic nitrogens is 4. The topological polar surface area (TPSA) is 68.2 Å². The average Bonchev–Trinajstić information content (AvgIpc) is 3.44. The molecule has 4 aromatic rings. The smallest absolute Gasteiger partial charge is 0.171 e. The predicted octanol–water partition coefficient (Wildman–Crippen LogP) is 5.07. The van der Waals surface area contributed by atoms with Crippen molar-refractivity contribution in [3.63, 3.8) is 0 Å². The molecule has 5 rings (SSSR count). The van der Waals surface area contributed by atoms with Gasteiger partial charge in [-0.05, 0) is 25.5 Å². The molecule has 0 bridgehead atoms. The monoisotopic (exact) mass is 465 g/mol. The van der Waals surface area contributed by atoms with Crippen LogP contribution in [0.15, 0.2) is 42.9 Å². The normalized spacial score (nSPS) is 15.8. The molecule has 2 aromatic carbocycles. The summed E-state index contributed by atoms with van der Waals surface area (Å²) in [7, 11) is 4.59. The molecule has 7 nitrogen and oxygen atoms in total. The number of hydrogen-bond donors (Lipinski definition) is 1. The Morgan fingerprint density at radius 3 is 2.44 bits per heavy atom. The van der Waals surface area contributed by atoms with Crippen molar-refractivity contribution in [3.05, 3.63) is 65.8 Å². The average molecular weight is 466 g/mol. The van der Waals surface area contributed by atoms with Crippen LogP contribution in [0.2, 0.25) is 0 Å². The van der Waals surface area contributed by atoms with Crippen LogP contribution in [0.5, 0.6) is 11.5 Å². The van der Waals surface area contributed by atoms with E-state index in [9.17, 15) is 0 Å². The fourth-order valence-electron chi connectivity index (χ4n) is 4.67. The number of anilines is 1. The molecular weight excluding hydrogens is 440 g/mol.